The summed E-state index contributed by atoms with van der Waals surface area (Å²) in [6.07, 6.45) is 0.861. The second kappa shape index (κ2) is 5.69. The first-order valence-corrected chi connectivity index (χ1v) is 6.11. The topological polar surface area (TPSA) is 30.0 Å². The number of phenols is 1. The molecule has 1 aromatic carbocycles. The van der Waals surface area contributed by atoms with Gasteiger partial charge in [-0.1, -0.05) is 12.1 Å². The zero-order valence-corrected chi connectivity index (χ0v) is 12.3. The molecule has 1 N–H and O–H groups in total. The SMILES string of the molecule is CN(C)C(Cc1ccc(O)cc1)(N(C)C)N(C)C. The lowest BCUT2D eigenvalue weighted by Crippen LogP contribution is -2.65. The average Bonchev–Trinajstić information content (AvgIpc) is 2.26. The van der Waals surface area contributed by atoms with Crippen LogP contribution in [0.25, 0.3) is 0 Å². The minimum absolute atomic E-state index is 0.184. The number of likely N-dealkylation sites (N-methyl/N-ethyl adjacent to an activating group) is 3. The number of aromatic hydroxyl groups is 1. The highest BCUT2D eigenvalue weighted by Crippen LogP contribution is 2.24. The number of nitrogens with zero attached hydrogens (tertiary/aromatic N) is 3. The third-order valence-electron chi connectivity index (χ3n) is 3.53. The number of phenolic OH excluding ortho intramolecular Hbond substituents is 1. The highest BCUT2D eigenvalue weighted by atomic mass is 16.3. The highest BCUT2D eigenvalue weighted by Gasteiger charge is 2.37. The molecule has 4 heteroatoms. The fourth-order valence-corrected chi connectivity index (χ4v) is 2.56. The lowest BCUT2D eigenvalue weighted by atomic mass is 10.0. The van der Waals surface area contributed by atoms with Crippen molar-refractivity contribution in [2.75, 3.05) is 42.3 Å². The predicted octanol–water partition coefficient (Wildman–Crippen LogP) is 1.27. The van der Waals surface area contributed by atoms with Gasteiger partial charge < -0.3 is 5.11 Å². The van der Waals surface area contributed by atoms with E-state index in [0.29, 0.717) is 5.75 Å². The summed E-state index contributed by atoms with van der Waals surface area (Å²) >= 11 is 0. The van der Waals surface area contributed by atoms with Crippen LogP contribution in [0, 0.1) is 0 Å². The molecule has 1 aromatic rings. The van der Waals surface area contributed by atoms with Crippen molar-refractivity contribution < 1.29 is 5.11 Å². The van der Waals surface area contributed by atoms with Gasteiger partial charge in [0.2, 0.25) is 0 Å². The second-order valence-electron chi connectivity index (χ2n) is 5.30. The van der Waals surface area contributed by atoms with Gasteiger partial charge in [-0.2, -0.15) is 0 Å². The summed E-state index contributed by atoms with van der Waals surface area (Å²) in [5, 5.41) is 9.35. The maximum atomic E-state index is 9.35. The molecule has 0 spiro atoms. The molecule has 1 rings (SSSR count). The largest absolute Gasteiger partial charge is 0.508 e. The molecule has 18 heavy (non-hydrogen) atoms. The van der Waals surface area contributed by atoms with Gasteiger partial charge in [-0.15, -0.1) is 0 Å². The van der Waals surface area contributed by atoms with Crippen molar-refractivity contribution in [3.8, 4) is 5.75 Å². The molecular formula is C14H25N3O. The smallest absolute Gasteiger partial charge is 0.133 e. The normalized spacial score (nSPS) is 12.7. The van der Waals surface area contributed by atoms with Gasteiger partial charge in [-0.3, -0.25) is 14.7 Å². The summed E-state index contributed by atoms with van der Waals surface area (Å²) in [6, 6.07) is 7.42. The van der Waals surface area contributed by atoms with E-state index >= 15 is 0 Å². The summed E-state index contributed by atoms with van der Waals surface area (Å²) < 4.78 is 0. The molecule has 0 aliphatic rings. The van der Waals surface area contributed by atoms with E-state index in [2.05, 4.69) is 57.0 Å². The Balaban J connectivity index is 3.08. The number of hydrogen-bond donors (Lipinski definition) is 1. The van der Waals surface area contributed by atoms with Crippen LogP contribution in [0.4, 0.5) is 0 Å². The Morgan fingerprint density at radius 3 is 1.56 bits per heavy atom. The maximum absolute atomic E-state index is 9.35. The Bertz CT molecular complexity index is 349. The van der Waals surface area contributed by atoms with E-state index in [-0.39, 0.29) is 5.79 Å². The van der Waals surface area contributed by atoms with E-state index in [4.69, 9.17) is 0 Å². The molecule has 0 aliphatic heterocycles. The fraction of sp³-hybridized carbons (Fsp3) is 0.571. The summed E-state index contributed by atoms with van der Waals surface area (Å²) in [5.74, 6) is 0.126. The van der Waals surface area contributed by atoms with Crippen LogP contribution in [0.15, 0.2) is 24.3 Å². The van der Waals surface area contributed by atoms with Crippen LogP contribution in [0.1, 0.15) is 5.56 Å². The second-order valence-corrected chi connectivity index (χ2v) is 5.30. The molecule has 102 valence electrons. The van der Waals surface area contributed by atoms with Crippen LogP contribution in [-0.4, -0.2) is 67.9 Å². The average molecular weight is 251 g/mol. The van der Waals surface area contributed by atoms with Crippen molar-refractivity contribution in [3.05, 3.63) is 29.8 Å². The van der Waals surface area contributed by atoms with Crippen LogP contribution >= 0.6 is 0 Å². The first kappa shape index (κ1) is 15.0. The van der Waals surface area contributed by atoms with Crippen LogP contribution in [0.5, 0.6) is 5.75 Å². The molecule has 0 radical (unpaired) electrons. The standard InChI is InChI=1S/C14H25N3O/c1-15(2)14(16(3)4,17(5)6)11-12-7-9-13(18)10-8-12/h7-10,18H,11H2,1-6H3. The van der Waals surface area contributed by atoms with Crippen molar-refractivity contribution in [1.29, 1.82) is 0 Å². The van der Waals surface area contributed by atoms with E-state index in [1.165, 1.54) is 5.56 Å². The van der Waals surface area contributed by atoms with Gasteiger partial charge in [-0.25, -0.2) is 0 Å². The molecule has 0 aliphatic carbocycles. The molecule has 0 heterocycles. The maximum Gasteiger partial charge on any atom is 0.133 e. The highest BCUT2D eigenvalue weighted by molar-refractivity contribution is 5.27. The lowest BCUT2D eigenvalue weighted by Gasteiger charge is -2.50. The minimum Gasteiger partial charge on any atom is -0.508 e. The number of hydrogen-bond acceptors (Lipinski definition) is 4. The Morgan fingerprint density at radius 1 is 0.833 bits per heavy atom. The Morgan fingerprint density at radius 2 is 1.22 bits per heavy atom. The van der Waals surface area contributed by atoms with Crippen LogP contribution in [-0.2, 0) is 6.42 Å². The third kappa shape index (κ3) is 2.83. The predicted molar refractivity (Wildman–Crippen MR) is 75.6 cm³/mol. The van der Waals surface area contributed by atoms with Crippen molar-refractivity contribution >= 4 is 0 Å². The number of rotatable bonds is 5. The van der Waals surface area contributed by atoms with Gasteiger partial charge in [-0.05, 0) is 60.0 Å². The van der Waals surface area contributed by atoms with Crippen LogP contribution in [0.3, 0.4) is 0 Å². The van der Waals surface area contributed by atoms with Gasteiger partial charge in [0.25, 0.3) is 0 Å². The Labute approximate surface area is 110 Å². The number of benzene rings is 1. The first-order valence-electron chi connectivity index (χ1n) is 6.11. The van der Waals surface area contributed by atoms with Crippen LogP contribution in [0.2, 0.25) is 0 Å². The molecule has 0 aromatic heterocycles. The summed E-state index contributed by atoms with van der Waals surface area (Å²) in [7, 11) is 12.5. The van der Waals surface area contributed by atoms with Crippen molar-refractivity contribution in [2.45, 2.75) is 12.2 Å². The molecule has 0 saturated heterocycles. The Hall–Kier alpha value is -1.10. The van der Waals surface area contributed by atoms with Gasteiger partial charge in [0.1, 0.15) is 11.5 Å². The minimum atomic E-state index is -0.184. The Kier molecular flexibility index (Phi) is 4.73. The monoisotopic (exact) mass is 251 g/mol. The fourth-order valence-electron chi connectivity index (χ4n) is 2.56. The molecule has 0 bridgehead atoms. The van der Waals surface area contributed by atoms with E-state index in [1.54, 1.807) is 12.1 Å². The third-order valence-corrected chi connectivity index (χ3v) is 3.53. The van der Waals surface area contributed by atoms with Gasteiger partial charge in [0.05, 0.1) is 0 Å². The molecular weight excluding hydrogens is 226 g/mol. The quantitative estimate of drug-likeness (QED) is 0.798. The van der Waals surface area contributed by atoms with Crippen molar-refractivity contribution in [3.63, 3.8) is 0 Å². The van der Waals surface area contributed by atoms with Crippen molar-refractivity contribution in [2.24, 2.45) is 0 Å². The zero-order chi connectivity index (χ0) is 13.9. The first-order chi connectivity index (χ1) is 8.30. The molecule has 4 nitrogen and oxygen atoms in total. The molecule has 0 fully saturated rings. The molecule has 0 amide bonds. The molecule has 0 saturated carbocycles. The molecule has 0 atom stereocenters. The van der Waals surface area contributed by atoms with Gasteiger partial charge in [0.15, 0.2) is 0 Å². The van der Waals surface area contributed by atoms with E-state index < -0.39 is 0 Å². The van der Waals surface area contributed by atoms with E-state index in [1.807, 2.05) is 12.1 Å². The van der Waals surface area contributed by atoms with Crippen molar-refractivity contribution in [1.82, 2.24) is 14.7 Å². The summed E-state index contributed by atoms with van der Waals surface area (Å²) in [5.41, 5.74) is 1.20. The molecule has 0 unspecified atom stereocenters. The summed E-state index contributed by atoms with van der Waals surface area (Å²) in [4.78, 5) is 6.62. The zero-order valence-electron chi connectivity index (χ0n) is 12.3. The van der Waals surface area contributed by atoms with E-state index in [9.17, 15) is 5.11 Å². The lowest BCUT2D eigenvalue weighted by molar-refractivity contribution is -0.107. The van der Waals surface area contributed by atoms with E-state index in [0.717, 1.165) is 6.42 Å². The van der Waals surface area contributed by atoms with Gasteiger partial charge in [0, 0.05) is 6.42 Å². The summed E-state index contributed by atoms with van der Waals surface area (Å²) in [6.45, 7) is 0. The van der Waals surface area contributed by atoms with Crippen LogP contribution < -0.4 is 0 Å². The van der Waals surface area contributed by atoms with Gasteiger partial charge >= 0.3 is 0 Å².